The van der Waals surface area contributed by atoms with Crippen LogP contribution < -0.4 is 15.4 Å². The maximum atomic E-state index is 12.4. The van der Waals surface area contributed by atoms with Crippen LogP contribution in [0, 0.1) is 3.57 Å². The van der Waals surface area contributed by atoms with Crippen LogP contribution in [0.1, 0.15) is 10.4 Å². The summed E-state index contributed by atoms with van der Waals surface area (Å²) in [7, 11) is 1.62. The van der Waals surface area contributed by atoms with Crippen LogP contribution in [0.3, 0.4) is 0 Å². The Kier molecular flexibility index (Phi) is 6.64. The first-order valence-corrected chi connectivity index (χ1v) is 10.4. The number of nitrogens with zero attached hydrogens (tertiary/aromatic N) is 1. The van der Waals surface area contributed by atoms with Crippen LogP contribution in [0.2, 0.25) is 5.02 Å². The number of rotatable bonds is 4. The fourth-order valence-corrected chi connectivity index (χ4v) is 3.87. The number of amides is 1. The predicted molar refractivity (Wildman–Crippen MR) is 122 cm³/mol. The largest absolute Gasteiger partial charge is 0.497 e. The van der Waals surface area contributed by atoms with E-state index in [0.29, 0.717) is 15.7 Å². The van der Waals surface area contributed by atoms with Crippen molar-refractivity contribution in [1.82, 2.24) is 10.3 Å². The lowest BCUT2D eigenvalue weighted by atomic mass is 10.2. The molecule has 138 valence electrons. The highest BCUT2D eigenvalue weighted by atomic mass is 127. The predicted octanol–water partition coefficient (Wildman–Crippen LogP) is 5.20. The lowest BCUT2D eigenvalue weighted by Gasteiger charge is -2.08. The molecule has 3 rings (SSSR count). The number of thiocarbonyl (C=S) groups is 1. The van der Waals surface area contributed by atoms with Crippen molar-refractivity contribution in [2.45, 2.75) is 0 Å². The number of thiazole rings is 1. The highest BCUT2D eigenvalue weighted by molar-refractivity contribution is 14.1. The van der Waals surface area contributed by atoms with Crippen LogP contribution in [0.4, 0.5) is 5.13 Å². The molecule has 0 saturated heterocycles. The molecule has 0 unspecified atom stereocenters. The van der Waals surface area contributed by atoms with Gasteiger partial charge in [0.05, 0.1) is 23.4 Å². The van der Waals surface area contributed by atoms with E-state index < -0.39 is 0 Å². The monoisotopic (exact) mass is 529 g/mol. The summed E-state index contributed by atoms with van der Waals surface area (Å²) in [4.78, 5) is 16.8. The summed E-state index contributed by atoms with van der Waals surface area (Å²) in [6.45, 7) is 0. The van der Waals surface area contributed by atoms with E-state index in [9.17, 15) is 4.79 Å². The summed E-state index contributed by atoms with van der Waals surface area (Å²) in [5.41, 5.74) is 2.13. The second-order valence-corrected chi connectivity index (χ2v) is 8.22. The van der Waals surface area contributed by atoms with Gasteiger partial charge in [-0.05, 0) is 77.3 Å². The molecule has 0 atom stereocenters. The first-order chi connectivity index (χ1) is 13.0. The van der Waals surface area contributed by atoms with E-state index in [1.807, 2.05) is 35.7 Å². The topological polar surface area (TPSA) is 63.2 Å². The molecule has 0 saturated carbocycles. The number of benzene rings is 2. The van der Waals surface area contributed by atoms with Gasteiger partial charge in [0.25, 0.3) is 5.91 Å². The van der Waals surface area contributed by atoms with Crippen molar-refractivity contribution in [3.05, 3.63) is 62.0 Å². The van der Waals surface area contributed by atoms with E-state index in [1.54, 1.807) is 19.2 Å². The van der Waals surface area contributed by atoms with E-state index in [-0.39, 0.29) is 11.0 Å². The molecule has 0 radical (unpaired) electrons. The summed E-state index contributed by atoms with van der Waals surface area (Å²) in [6, 6.07) is 12.8. The number of carbonyl (C=O) groups excluding carboxylic acids is 1. The van der Waals surface area contributed by atoms with Gasteiger partial charge >= 0.3 is 0 Å². The second kappa shape index (κ2) is 8.96. The minimum absolute atomic E-state index is 0.158. The van der Waals surface area contributed by atoms with Crippen molar-refractivity contribution in [1.29, 1.82) is 0 Å². The molecule has 2 N–H and O–H groups in total. The Balaban J connectivity index is 1.65. The molecule has 9 heteroatoms. The molecule has 1 aromatic heterocycles. The summed E-state index contributed by atoms with van der Waals surface area (Å²) in [5, 5.41) is 8.56. The number of methoxy groups -OCH3 is 1. The summed E-state index contributed by atoms with van der Waals surface area (Å²) < 4.78 is 6.06. The maximum Gasteiger partial charge on any atom is 0.258 e. The number of carbonyl (C=O) groups is 1. The van der Waals surface area contributed by atoms with Crippen LogP contribution in [0.15, 0.2) is 47.8 Å². The zero-order valence-electron chi connectivity index (χ0n) is 14.0. The zero-order chi connectivity index (χ0) is 19.4. The molecular weight excluding hydrogens is 517 g/mol. The minimum Gasteiger partial charge on any atom is -0.497 e. The van der Waals surface area contributed by atoms with Crippen molar-refractivity contribution >= 4 is 73.9 Å². The van der Waals surface area contributed by atoms with Gasteiger partial charge in [-0.1, -0.05) is 11.6 Å². The Morgan fingerprint density at radius 3 is 2.70 bits per heavy atom. The van der Waals surface area contributed by atoms with E-state index >= 15 is 0 Å². The quantitative estimate of drug-likeness (QED) is 0.359. The third kappa shape index (κ3) is 5.16. The molecule has 0 aliphatic heterocycles. The number of halogens is 2. The average molecular weight is 530 g/mol. The molecule has 1 amide bonds. The molecular formula is C18H13ClIN3O2S2. The van der Waals surface area contributed by atoms with Gasteiger partial charge in [-0.3, -0.25) is 10.1 Å². The minimum atomic E-state index is -0.372. The lowest BCUT2D eigenvalue weighted by Crippen LogP contribution is -2.34. The Hall–Kier alpha value is -1.75. The molecule has 1 heterocycles. The van der Waals surface area contributed by atoms with Gasteiger partial charge in [0.1, 0.15) is 5.75 Å². The Labute approximate surface area is 184 Å². The molecule has 0 aliphatic carbocycles. The van der Waals surface area contributed by atoms with Crippen LogP contribution >= 0.6 is 57.7 Å². The van der Waals surface area contributed by atoms with Crippen LogP contribution in [0.5, 0.6) is 5.75 Å². The summed E-state index contributed by atoms with van der Waals surface area (Å²) in [6.07, 6.45) is 0. The molecule has 5 nitrogen and oxygen atoms in total. The molecule has 0 bridgehead atoms. The van der Waals surface area contributed by atoms with Crippen molar-refractivity contribution in [2.24, 2.45) is 0 Å². The van der Waals surface area contributed by atoms with Crippen molar-refractivity contribution < 1.29 is 9.53 Å². The van der Waals surface area contributed by atoms with Gasteiger partial charge in [0.2, 0.25) is 0 Å². The Bertz CT molecular complexity index is 993. The van der Waals surface area contributed by atoms with Crippen LogP contribution in [0.25, 0.3) is 11.3 Å². The number of hydrogen-bond donors (Lipinski definition) is 2. The number of ether oxygens (including phenoxy) is 1. The number of nitrogens with one attached hydrogen (secondary N) is 2. The van der Waals surface area contributed by atoms with Crippen molar-refractivity contribution in [3.63, 3.8) is 0 Å². The standard InChI is InChI=1S/C18H13ClIN3O2S2/c1-25-12-5-2-10(3-6-12)15-9-27-18(21-15)23-17(26)22-16(24)13-8-11(20)4-7-14(13)19/h2-9H,1H3,(H2,21,22,23,24,26). The number of anilines is 1. The highest BCUT2D eigenvalue weighted by Crippen LogP contribution is 2.26. The van der Waals surface area contributed by atoms with E-state index in [0.717, 1.165) is 20.6 Å². The first kappa shape index (κ1) is 20.0. The van der Waals surface area contributed by atoms with Crippen LogP contribution in [-0.4, -0.2) is 23.1 Å². The van der Waals surface area contributed by atoms with Gasteiger partial charge in [-0.15, -0.1) is 11.3 Å². The Morgan fingerprint density at radius 2 is 2.00 bits per heavy atom. The highest BCUT2D eigenvalue weighted by Gasteiger charge is 2.13. The normalized spacial score (nSPS) is 10.3. The molecule has 2 aromatic carbocycles. The molecule has 0 spiro atoms. The molecule has 0 fully saturated rings. The molecule has 0 aliphatic rings. The third-order valence-corrected chi connectivity index (χ3v) is 5.47. The van der Waals surface area contributed by atoms with E-state index in [1.165, 1.54) is 11.3 Å². The molecule has 27 heavy (non-hydrogen) atoms. The van der Waals surface area contributed by atoms with Gasteiger partial charge in [-0.2, -0.15) is 0 Å². The Morgan fingerprint density at radius 1 is 1.26 bits per heavy atom. The summed E-state index contributed by atoms with van der Waals surface area (Å²) >= 11 is 14.8. The second-order valence-electron chi connectivity index (χ2n) is 5.30. The average Bonchev–Trinajstić information content (AvgIpc) is 3.12. The number of aromatic nitrogens is 1. The fraction of sp³-hybridized carbons (Fsp3) is 0.0556. The van der Waals surface area contributed by atoms with E-state index in [4.69, 9.17) is 28.6 Å². The SMILES string of the molecule is COc1ccc(-c2csc(NC(=S)NC(=O)c3cc(I)ccc3Cl)n2)cc1. The fourth-order valence-electron chi connectivity index (χ4n) is 2.20. The first-order valence-electron chi connectivity index (χ1n) is 7.63. The van der Waals surface area contributed by atoms with Gasteiger partial charge in [-0.25, -0.2) is 4.98 Å². The van der Waals surface area contributed by atoms with E-state index in [2.05, 4.69) is 38.2 Å². The van der Waals surface area contributed by atoms with Gasteiger partial charge in [0.15, 0.2) is 10.2 Å². The van der Waals surface area contributed by atoms with Crippen LogP contribution in [-0.2, 0) is 0 Å². The summed E-state index contributed by atoms with van der Waals surface area (Å²) in [5.74, 6) is 0.411. The molecule has 3 aromatic rings. The maximum absolute atomic E-state index is 12.4. The van der Waals surface area contributed by atoms with Crippen molar-refractivity contribution in [3.8, 4) is 17.0 Å². The zero-order valence-corrected chi connectivity index (χ0v) is 18.5. The van der Waals surface area contributed by atoms with Gasteiger partial charge in [0, 0.05) is 14.5 Å². The van der Waals surface area contributed by atoms with Gasteiger partial charge < -0.3 is 10.1 Å². The van der Waals surface area contributed by atoms with Crippen molar-refractivity contribution in [2.75, 3.05) is 12.4 Å². The lowest BCUT2D eigenvalue weighted by molar-refractivity contribution is 0.0978. The number of hydrogen-bond acceptors (Lipinski definition) is 5. The smallest absolute Gasteiger partial charge is 0.258 e. The third-order valence-electron chi connectivity index (χ3n) is 3.51.